The van der Waals surface area contributed by atoms with Crippen molar-refractivity contribution in [2.45, 2.75) is 35.8 Å². The van der Waals surface area contributed by atoms with Crippen LogP contribution in [0.15, 0.2) is 0 Å². The number of hydrogen-bond donors (Lipinski definition) is 0. The number of rotatable bonds is 5. The van der Waals surface area contributed by atoms with Gasteiger partial charge in [-0.3, -0.25) is 4.79 Å². The summed E-state index contributed by atoms with van der Waals surface area (Å²) in [5.41, 5.74) is 0. The first kappa shape index (κ1) is 25.6. The average molecular weight is 461 g/mol. The fourth-order valence-corrected chi connectivity index (χ4v) is 2.31. The minimum Gasteiger partial charge on any atom is -0.326 e. The van der Waals surface area contributed by atoms with Crippen LogP contribution in [0.1, 0.15) is 0 Å². The van der Waals surface area contributed by atoms with E-state index in [1.165, 1.54) is 14.1 Å². The monoisotopic (exact) mass is 461 g/mol. The van der Waals surface area contributed by atoms with Gasteiger partial charge in [-0.05, 0) is 0 Å². The number of piperazine rings is 1. The van der Waals surface area contributed by atoms with E-state index < -0.39 is 54.8 Å². The Bertz CT molecular complexity index is 631. The molecule has 0 atom stereocenters. The van der Waals surface area contributed by atoms with Gasteiger partial charge in [-0.15, -0.1) is 0 Å². The summed E-state index contributed by atoms with van der Waals surface area (Å²) >= 11 is 0. The molecule has 1 fully saturated rings. The lowest BCUT2D eigenvalue weighted by Crippen LogP contribution is -2.72. The molecule has 16 heteroatoms. The zero-order valence-corrected chi connectivity index (χ0v) is 14.5. The molecule has 0 aromatic heterocycles. The van der Waals surface area contributed by atoms with E-state index >= 15 is 0 Å². The summed E-state index contributed by atoms with van der Waals surface area (Å²) < 4.78 is 169. The second kappa shape index (κ2) is 6.77. The number of halogens is 13. The van der Waals surface area contributed by atoms with Crippen LogP contribution < -0.4 is 0 Å². The molecule has 1 rings (SSSR count). The van der Waals surface area contributed by atoms with Crippen molar-refractivity contribution in [3.63, 3.8) is 0 Å². The fraction of sp³-hybridized carbons (Fsp3) is 0.923. The number of amides is 1. The molecule has 1 aliphatic heterocycles. The molecule has 1 amide bonds. The van der Waals surface area contributed by atoms with E-state index in [1.54, 1.807) is 0 Å². The second-order valence-corrected chi connectivity index (χ2v) is 7.04. The van der Waals surface area contributed by atoms with Gasteiger partial charge in [0.25, 0.3) is 5.91 Å². The van der Waals surface area contributed by atoms with E-state index in [0.717, 1.165) is 0 Å². The van der Waals surface area contributed by atoms with Crippen LogP contribution in [0.4, 0.5) is 57.1 Å². The molecule has 3 nitrogen and oxygen atoms in total. The Balaban J connectivity index is 3.34. The Labute approximate surface area is 154 Å². The van der Waals surface area contributed by atoms with Crippen LogP contribution in [0.5, 0.6) is 0 Å². The highest BCUT2D eigenvalue weighted by atomic mass is 19.4. The minimum atomic E-state index is -8.01. The molecule has 0 spiro atoms. The van der Waals surface area contributed by atoms with Gasteiger partial charge in [-0.1, -0.05) is 0 Å². The van der Waals surface area contributed by atoms with E-state index in [2.05, 4.69) is 0 Å². The number of carbonyl (C=O) groups is 1. The number of hydrogen-bond acceptors (Lipinski definition) is 1. The number of carbonyl (C=O) groups excluding carboxylic acids is 1. The Hall–Kier alpha value is -1.48. The maximum atomic E-state index is 13.8. The predicted octanol–water partition coefficient (Wildman–Crippen LogP) is 3.64. The Morgan fingerprint density at radius 1 is 0.655 bits per heavy atom. The predicted molar refractivity (Wildman–Crippen MR) is 69.2 cm³/mol. The summed E-state index contributed by atoms with van der Waals surface area (Å²) in [7, 11) is 3.03. The Morgan fingerprint density at radius 3 is 1.34 bits per heavy atom. The standard InChI is InChI=1S/C13H14F13N2O/c1-28(2)5-3-27(4-6-28)7(29)8(14,15)9(16,17)10(18,19)11(20,21)12(22,23)13(24,25)26/h3-6H2,1-2H3/q+1. The normalized spacial score (nSPS) is 20.0. The van der Waals surface area contributed by atoms with Crippen LogP contribution in [0, 0.1) is 0 Å². The highest BCUT2D eigenvalue weighted by Crippen LogP contribution is 2.60. The molecule has 0 aliphatic carbocycles. The van der Waals surface area contributed by atoms with E-state index in [1.807, 2.05) is 0 Å². The Kier molecular flexibility index (Phi) is 5.96. The van der Waals surface area contributed by atoms with Gasteiger partial charge in [0, 0.05) is 0 Å². The van der Waals surface area contributed by atoms with Crippen molar-refractivity contribution >= 4 is 5.91 Å². The van der Waals surface area contributed by atoms with E-state index in [0.29, 0.717) is 0 Å². The third-order valence-corrected chi connectivity index (χ3v) is 4.44. The molecule has 0 radical (unpaired) electrons. The number of alkyl halides is 13. The van der Waals surface area contributed by atoms with Gasteiger partial charge in [-0.2, -0.15) is 57.1 Å². The highest BCUT2D eigenvalue weighted by Gasteiger charge is 2.91. The first-order valence-corrected chi connectivity index (χ1v) is 7.54. The molecule has 172 valence electrons. The van der Waals surface area contributed by atoms with Crippen molar-refractivity contribution in [1.29, 1.82) is 0 Å². The van der Waals surface area contributed by atoms with E-state index in [4.69, 9.17) is 0 Å². The van der Waals surface area contributed by atoms with Crippen molar-refractivity contribution in [2.24, 2.45) is 0 Å². The van der Waals surface area contributed by atoms with Gasteiger partial charge in [-0.25, -0.2) is 0 Å². The van der Waals surface area contributed by atoms with Gasteiger partial charge < -0.3 is 9.38 Å². The molecule has 1 saturated heterocycles. The average Bonchev–Trinajstić information content (AvgIpc) is 2.52. The second-order valence-electron chi connectivity index (χ2n) is 7.04. The summed E-state index contributed by atoms with van der Waals surface area (Å²) in [6.07, 6.45) is -7.48. The summed E-state index contributed by atoms with van der Waals surface area (Å²) in [6.45, 7) is -1.71. The molecule has 1 aliphatic rings. The van der Waals surface area contributed by atoms with Gasteiger partial charge in [0.15, 0.2) is 0 Å². The third kappa shape index (κ3) is 3.71. The van der Waals surface area contributed by atoms with Crippen LogP contribution in [0.2, 0.25) is 0 Å². The quantitative estimate of drug-likeness (QED) is 0.453. The molecule has 0 unspecified atom stereocenters. The fourth-order valence-electron chi connectivity index (χ4n) is 2.31. The molecule has 0 N–H and O–H groups in total. The molecular weight excluding hydrogens is 447 g/mol. The van der Waals surface area contributed by atoms with E-state index in [9.17, 15) is 61.9 Å². The minimum absolute atomic E-state index is 0.0811. The zero-order chi connectivity index (χ0) is 23.5. The molecule has 0 saturated carbocycles. The van der Waals surface area contributed by atoms with Crippen molar-refractivity contribution in [3.8, 4) is 0 Å². The first-order valence-electron chi connectivity index (χ1n) is 7.54. The van der Waals surface area contributed by atoms with Crippen molar-refractivity contribution in [1.82, 2.24) is 4.90 Å². The molecule has 0 bridgehead atoms. The van der Waals surface area contributed by atoms with Crippen LogP contribution in [0.25, 0.3) is 0 Å². The molecule has 0 aromatic carbocycles. The van der Waals surface area contributed by atoms with Crippen LogP contribution >= 0.6 is 0 Å². The van der Waals surface area contributed by atoms with Gasteiger partial charge in [0.1, 0.15) is 0 Å². The smallest absolute Gasteiger partial charge is 0.326 e. The molecular formula is C13H14F13N2O+. The summed E-state index contributed by atoms with van der Waals surface area (Å²) in [4.78, 5) is 11.5. The van der Waals surface area contributed by atoms with Crippen molar-refractivity contribution in [3.05, 3.63) is 0 Å². The van der Waals surface area contributed by atoms with E-state index in [-0.39, 0.29) is 22.5 Å². The van der Waals surface area contributed by atoms with Crippen molar-refractivity contribution in [2.75, 3.05) is 40.3 Å². The summed E-state index contributed by atoms with van der Waals surface area (Å²) in [5.74, 6) is -41.2. The Morgan fingerprint density at radius 2 is 1.00 bits per heavy atom. The third-order valence-electron chi connectivity index (χ3n) is 4.44. The summed E-state index contributed by atoms with van der Waals surface area (Å²) in [5, 5.41) is 0. The van der Waals surface area contributed by atoms with Gasteiger partial charge >= 0.3 is 35.8 Å². The lowest BCUT2D eigenvalue weighted by Gasteiger charge is -2.42. The molecule has 0 aromatic rings. The van der Waals surface area contributed by atoms with Crippen LogP contribution in [0.3, 0.4) is 0 Å². The number of likely N-dealkylation sites (N-methyl/N-ethyl adjacent to an activating group) is 1. The maximum Gasteiger partial charge on any atom is 0.460 e. The lowest BCUT2D eigenvalue weighted by atomic mass is 9.93. The van der Waals surface area contributed by atoms with Gasteiger partial charge in [0.05, 0.1) is 40.3 Å². The number of nitrogens with zero attached hydrogens (tertiary/aromatic N) is 2. The summed E-state index contributed by atoms with van der Waals surface area (Å²) in [6, 6.07) is 0. The largest absolute Gasteiger partial charge is 0.460 e. The molecule has 1 heterocycles. The maximum absolute atomic E-state index is 13.8. The topological polar surface area (TPSA) is 20.3 Å². The zero-order valence-electron chi connectivity index (χ0n) is 14.5. The first-order chi connectivity index (χ1) is 12.5. The number of quaternary nitrogens is 1. The highest BCUT2D eigenvalue weighted by molar-refractivity contribution is 5.85. The lowest BCUT2D eigenvalue weighted by molar-refractivity contribution is -0.894. The van der Waals surface area contributed by atoms with Crippen molar-refractivity contribution < 1.29 is 66.4 Å². The SMILES string of the molecule is C[N+]1(C)CCN(C(=O)C(F)(F)C(F)(F)C(F)(F)C(F)(F)C(F)(F)C(F)(F)F)CC1. The molecule has 29 heavy (non-hydrogen) atoms. The van der Waals surface area contributed by atoms with Crippen LogP contribution in [-0.4, -0.2) is 91.4 Å². The van der Waals surface area contributed by atoms with Crippen LogP contribution in [-0.2, 0) is 4.79 Å². The van der Waals surface area contributed by atoms with Gasteiger partial charge in [0.2, 0.25) is 0 Å².